The second-order valence-corrected chi connectivity index (χ2v) is 7.94. The predicted molar refractivity (Wildman–Crippen MR) is 115 cm³/mol. The monoisotopic (exact) mass is 420 g/mol. The third kappa shape index (κ3) is 6.34. The van der Waals surface area contributed by atoms with Gasteiger partial charge in [-0.1, -0.05) is 18.2 Å². The molecule has 28 heavy (non-hydrogen) atoms. The molecule has 7 heteroatoms. The minimum atomic E-state index is -1.24. The van der Waals surface area contributed by atoms with Gasteiger partial charge in [-0.3, -0.25) is 9.74 Å². The molecule has 0 aliphatic carbocycles. The number of nitrogens with zero attached hydrogens (tertiary/aromatic N) is 1. The van der Waals surface area contributed by atoms with Gasteiger partial charge in [0.05, 0.1) is 36.3 Å². The maximum atomic E-state index is 12.5. The van der Waals surface area contributed by atoms with Gasteiger partial charge in [-0.25, -0.2) is 4.21 Å². The number of hydrogen-bond acceptors (Lipinski definition) is 5. The largest absolute Gasteiger partial charge is 0.494 e. The minimum absolute atomic E-state index is 0.669. The van der Waals surface area contributed by atoms with Crippen LogP contribution in [0.2, 0.25) is 0 Å². The maximum absolute atomic E-state index is 12.5. The van der Waals surface area contributed by atoms with Crippen molar-refractivity contribution in [3.05, 3.63) is 59.5 Å². The summed E-state index contributed by atoms with van der Waals surface area (Å²) < 4.78 is 23.6. The van der Waals surface area contributed by atoms with Crippen LogP contribution in [0.25, 0.3) is 6.08 Å². The minimum Gasteiger partial charge on any atom is -0.494 e. The zero-order chi connectivity index (χ0) is 19.6. The molecule has 5 nitrogen and oxygen atoms in total. The first kappa shape index (κ1) is 20.9. The molecule has 0 bridgehead atoms. The summed E-state index contributed by atoms with van der Waals surface area (Å²) in [6, 6.07) is 15.0. The molecule has 1 unspecified atom stereocenters. The molecule has 2 aromatic rings. The highest BCUT2D eigenvalue weighted by Gasteiger charge is 2.09. The zero-order valence-corrected chi connectivity index (χ0v) is 17.3. The fraction of sp³-hybridized carbons (Fsp3) is 0.333. The van der Waals surface area contributed by atoms with Crippen LogP contribution in [0.4, 0.5) is 5.69 Å². The first-order valence-electron chi connectivity index (χ1n) is 9.34. The number of para-hydroxylation sites is 1. The highest BCUT2D eigenvalue weighted by molar-refractivity contribution is 7.88. The predicted octanol–water partition coefficient (Wildman–Crippen LogP) is 4.13. The van der Waals surface area contributed by atoms with Crippen LogP contribution in [0, 0.1) is 0 Å². The molecule has 3 rings (SSSR count). The van der Waals surface area contributed by atoms with E-state index in [0.29, 0.717) is 6.61 Å². The van der Waals surface area contributed by atoms with Crippen molar-refractivity contribution in [2.45, 2.75) is 11.3 Å². The third-order valence-electron chi connectivity index (χ3n) is 4.48. The van der Waals surface area contributed by atoms with Gasteiger partial charge in [0.25, 0.3) is 0 Å². The van der Waals surface area contributed by atoms with Crippen molar-refractivity contribution in [1.29, 1.82) is 0 Å². The second-order valence-electron chi connectivity index (χ2n) is 6.41. The van der Waals surface area contributed by atoms with E-state index in [1.807, 2.05) is 48.5 Å². The van der Waals surface area contributed by atoms with Crippen LogP contribution in [0.3, 0.4) is 0 Å². The normalized spacial score (nSPS) is 16.2. The van der Waals surface area contributed by atoms with Gasteiger partial charge < -0.3 is 9.47 Å². The van der Waals surface area contributed by atoms with E-state index in [1.54, 1.807) is 11.5 Å². The Labute approximate surface area is 173 Å². The van der Waals surface area contributed by atoms with Crippen LogP contribution in [-0.2, 0) is 15.5 Å². The Morgan fingerprint density at radius 2 is 1.89 bits per heavy atom. The quantitative estimate of drug-likeness (QED) is 0.488. The number of nitrogens with one attached hydrogen (secondary N) is 1. The van der Waals surface area contributed by atoms with E-state index in [4.69, 9.17) is 21.3 Å². The average molecular weight is 421 g/mol. The Morgan fingerprint density at radius 1 is 1.14 bits per heavy atom. The summed E-state index contributed by atoms with van der Waals surface area (Å²) >= 11 is 5.70. The molecule has 1 aliphatic heterocycles. The van der Waals surface area contributed by atoms with Crippen LogP contribution < -0.4 is 9.57 Å². The Morgan fingerprint density at radius 3 is 2.64 bits per heavy atom. The summed E-state index contributed by atoms with van der Waals surface area (Å²) in [5, 5.41) is 1.66. The van der Waals surface area contributed by atoms with E-state index < -0.39 is 10.8 Å². The highest BCUT2D eigenvalue weighted by atomic mass is 35.5. The lowest BCUT2D eigenvalue weighted by Crippen LogP contribution is -2.37. The van der Waals surface area contributed by atoms with Gasteiger partial charge in [0.15, 0.2) is 0 Å². The fourth-order valence-electron chi connectivity index (χ4n) is 2.92. The lowest BCUT2D eigenvalue weighted by atomic mass is 10.2. The van der Waals surface area contributed by atoms with Crippen molar-refractivity contribution in [3.63, 3.8) is 0 Å². The van der Waals surface area contributed by atoms with E-state index in [2.05, 4.69) is 9.74 Å². The Balaban J connectivity index is 1.46. The topological polar surface area (TPSA) is 50.8 Å². The Kier molecular flexibility index (Phi) is 8.36. The van der Waals surface area contributed by atoms with Crippen LogP contribution in [0.1, 0.15) is 12.0 Å². The summed E-state index contributed by atoms with van der Waals surface area (Å²) in [6.07, 6.45) is 2.78. The van der Waals surface area contributed by atoms with Crippen molar-refractivity contribution >= 4 is 34.3 Å². The van der Waals surface area contributed by atoms with Gasteiger partial charge in [0.2, 0.25) is 0 Å². The lowest BCUT2D eigenvalue weighted by Gasteiger charge is -2.26. The number of morpholine rings is 1. The number of halogens is 1. The summed E-state index contributed by atoms with van der Waals surface area (Å²) in [5.41, 5.74) is 1.66. The number of ether oxygens (including phenoxy) is 2. The number of benzene rings is 2. The molecule has 1 heterocycles. The van der Waals surface area contributed by atoms with E-state index >= 15 is 0 Å². The molecule has 1 atom stereocenters. The highest BCUT2D eigenvalue weighted by Crippen LogP contribution is 2.20. The van der Waals surface area contributed by atoms with Crippen LogP contribution in [-0.4, -0.2) is 48.6 Å². The first-order chi connectivity index (χ1) is 13.8. The summed E-state index contributed by atoms with van der Waals surface area (Å²) in [4.78, 5) is 5.73. The molecule has 0 saturated carbocycles. The lowest BCUT2D eigenvalue weighted by molar-refractivity contribution is 0.0358. The summed E-state index contributed by atoms with van der Waals surface area (Å²) in [5.74, 6) is 0.795. The molecule has 1 fully saturated rings. The molecule has 0 amide bonds. The van der Waals surface area contributed by atoms with Crippen molar-refractivity contribution in [2.75, 3.05) is 44.3 Å². The van der Waals surface area contributed by atoms with Gasteiger partial charge in [-0.15, -0.1) is 0 Å². The standard InChI is InChI=1S/C21H25ClN2O3S/c22-23-21-5-2-1-4-18(21)10-17-28(25)20-8-6-19(7-9-20)27-14-3-11-24-12-15-26-16-13-24/h1-2,4-10,17,23H,3,11-16H2/b17-10+. The zero-order valence-electron chi connectivity index (χ0n) is 15.7. The molecule has 1 aliphatic rings. The van der Waals surface area contributed by atoms with Crippen LogP contribution in [0.15, 0.2) is 58.8 Å². The molecule has 1 N–H and O–H groups in total. The molecule has 2 aromatic carbocycles. The number of hydrogen-bond donors (Lipinski definition) is 1. The van der Waals surface area contributed by atoms with Gasteiger partial charge in [0.1, 0.15) is 5.75 Å². The molecule has 0 radical (unpaired) electrons. The van der Waals surface area contributed by atoms with Gasteiger partial charge in [0, 0.05) is 41.7 Å². The third-order valence-corrected chi connectivity index (χ3v) is 5.80. The maximum Gasteiger partial charge on any atom is 0.119 e. The van der Waals surface area contributed by atoms with Crippen molar-refractivity contribution in [2.24, 2.45) is 0 Å². The molecule has 1 saturated heterocycles. The number of anilines is 1. The summed E-state index contributed by atoms with van der Waals surface area (Å²) in [7, 11) is -1.24. The van der Waals surface area contributed by atoms with E-state index in [0.717, 1.165) is 61.2 Å². The van der Waals surface area contributed by atoms with Crippen LogP contribution >= 0.6 is 11.8 Å². The van der Waals surface area contributed by atoms with E-state index in [9.17, 15) is 4.21 Å². The molecule has 0 aromatic heterocycles. The molecular formula is C21H25ClN2O3S. The number of rotatable bonds is 9. The van der Waals surface area contributed by atoms with Gasteiger partial charge in [-0.05, 0) is 48.4 Å². The smallest absolute Gasteiger partial charge is 0.119 e. The molecule has 150 valence electrons. The second kappa shape index (κ2) is 11.2. The van der Waals surface area contributed by atoms with Crippen molar-refractivity contribution in [1.82, 2.24) is 4.90 Å². The van der Waals surface area contributed by atoms with E-state index in [1.165, 1.54) is 0 Å². The van der Waals surface area contributed by atoms with Crippen molar-refractivity contribution < 1.29 is 13.7 Å². The SMILES string of the molecule is O=S(/C=C/c1ccccc1NCl)c1ccc(OCCCN2CCOCC2)cc1. The van der Waals surface area contributed by atoms with Crippen molar-refractivity contribution in [3.8, 4) is 5.75 Å². The Bertz CT molecular complexity index is 792. The Hall–Kier alpha value is -1.86. The molecular weight excluding hydrogens is 396 g/mol. The molecule has 0 spiro atoms. The van der Waals surface area contributed by atoms with Gasteiger partial charge in [-0.2, -0.15) is 0 Å². The average Bonchev–Trinajstić information content (AvgIpc) is 2.76. The summed E-state index contributed by atoms with van der Waals surface area (Å²) in [6.45, 7) is 5.33. The fourth-order valence-corrected chi connectivity index (χ4v) is 3.92. The van der Waals surface area contributed by atoms with E-state index in [-0.39, 0.29) is 0 Å². The van der Waals surface area contributed by atoms with Crippen LogP contribution in [0.5, 0.6) is 5.75 Å². The first-order valence-corrected chi connectivity index (χ1v) is 10.9. The van der Waals surface area contributed by atoms with Gasteiger partial charge >= 0.3 is 0 Å².